The summed E-state index contributed by atoms with van der Waals surface area (Å²) >= 11 is 0. The maximum Gasteiger partial charge on any atom is 0.416 e. The van der Waals surface area contributed by atoms with Gasteiger partial charge in [0.1, 0.15) is 24.6 Å². The van der Waals surface area contributed by atoms with E-state index in [1.54, 1.807) is 6.08 Å². The first-order chi connectivity index (χ1) is 16.6. The molecular formula is C27H37F3O6. The minimum atomic E-state index is -4.45. The van der Waals surface area contributed by atoms with E-state index < -0.39 is 17.8 Å². The molecule has 9 heteroatoms. The molecule has 6 nitrogen and oxygen atoms in total. The third kappa shape index (κ3) is 8.94. The predicted molar refractivity (Wildman–Crippen MR) is 129 cm³/mol. The first-order valence-electron chi connectivity index (χ1n) is 12.0. The maximum atomic E-state index is 12.8. The zero-order valence-corrected chi connectivity index (χ0v) is 19.9. The summed E-state index contributed by atoms with van der Waals surface area (Å²) < 4.78 is 49.0. The average Bonchev–Trinajstić information content (AvgIpc) is 3.39. The number of halogens is 3. The van der Waals surface area contributed by atoms with Gasteiger partial charge in [-0.25, -0.2) is 9.78 Å². The van der Waals surface area contributed by atoms with Crippen molar-refractivity contribution in [1.82, 2.24) is 0 Å². The minimum Gasteiger partial charge on any atom is -0.491 e. The highest BCUT2D eigenvalue weighted by Gasteiger charge is 2.49. The molecule has 1 aromatic rings. The predicted octanol–water partition coefficient (Wildman–Crippen LogP) is 6.04. The quantitative estimate of drug-likeness (QED) is 0.159. The van der Waals surface area contributed by atoms with Crippen LogP contribution in [0.3, 0.4) is 0 Å². The van der Waals surface area contributed by atoms with Gasteiger partial charge < -0.3 is 14.6 Å². The van der Waals surface area contributed by atoms with Gasteiger partial charge in [0, 0.05) is 24.7 Å². The van der Waals surface area contributed by atoms with Crippen molar-refractivity contribution < 1.29 is 42.3 Å². The van der Waals surface area contributed by atoms with E-state index in [4.69, 9.17) is 19.2 Å². The Morgan fingerprint density at radius 1 is 1.22 bits per heavy atom. The number of benzene rings is 1. The van der Waals surface area contributed by atoms with Crippen LogP contribution in [0.1, 0.15) is 58.9 Å². The Balaban J connectivity index is 0.00000456. The summed E-state index contributed by atoms with van der Waals surface area (Å²) in [7, 11) is 0. The van der Waals surface area contributed by atoms with Crippen LogP contribution < -0.4 is 4.74 Å². The van der Waals surface area contributed by atoms with Crippen molar-refractivity contribution in [2.45, 2.75) is 84.0 Å². The molecule has 1 saturated carbocycles. The first-order valence-corrected chi connectivity index (χ1v) is 12.0. The van der Waals surface area contributed by atoms with Crippen molar-refractivity contribution in [2.75, 3.05) is 6.61 Å². The number of rotatable bonds is 12. The number of alkyl halides is 3. The van der Waals surface area contributed by atoms with Crippen molar-refractivity contribution >= 4 is 5.97 Å². The molecule has 0 spiro atoms. The highest BCUT2D eigenvalue weighted by Crippen LogP contribution is 2.45. The first kappa shape index (κ1) is 29.9. The number of hydrogen-bond acceptors (Lipinski definition) is 6. The van der Waals surface area contributed by atoms with Crippen molar-refractivity contribution in [2.24, 2.45) is 11.8 Å². The smallest absolute Gasteiger partial charge is 0.416 e. The molecule has 1 aliphatic carbocycles. The Bertz CT molecular complexity index is 883. The van der Waals surface area contributed by atoms with Gasteiger partial charge in [-0.3, -0.25) is 4.79 Å². The van der Waals surface area contributed by atoms with Crippen LogP contribution in [-0.2, 0) is 25.5 Å². The number of esters is 1. The van der Waals surface area contributed by atoms with Gasteiger partial charge in [-0.1, -0.05) is 37.8 Å². The molecule has 1 N–H and O–H groups in total. The van der Waals surface area contributed by atoms with E-state index in [9.17, 15) is 23.1 Å². The van der Waals surface area contributed by atoms with Crippen molar-refractivity contribution in [1.29, 1.82) is 0 Å². The molecule has 0 radical (unpaired) electrons. The van der Waals surface area contributed by atoms with E-state index in [-0.39, 0.29) is 55.9 Å². The summed E-state index contributed by atoms with van der Waals surface area (Å²) in [6.45, 7) is 3.48. The van der Waals surface area contributed by atoms with E-state index >= 15 is 0 Å². The molecule has 2 fully saturated rings. The van der Waals surface area contributed by atoms with Crippen LogP contribution in [0.2, 0.25) is 0 Å². The average molecular weight is 515 g/mol. The van der Waals surface area contributed by atoms with Crippen LogP contribution >= 0.6 is 0 Å². The fourth-order valence-electron chi connectivity index (χ4n) is 4.33. The number of aliphatic hydroxyl groups excluding tert-OH is 1. The van der Waals surface area contributed by atoms with E-state index in [0.29, 0.717) is 6.42 Å². The number of ether oxygens (including phenoxy) is 2. The monoisotopic (exact) mass is 514 g/mol. The molecular weight excluding hydrogens is 477 g/mol. The van der Waals surface area contributed by atoms with Crippen LogP contribution in [0, 0.1) is 11.8 Å². The normalized spacial score (nSPS) is 24.4. The summed E-state index contributed by atoms with van der Waals surface area (Å²) in [4.78, 5) is 22.3. The zero-order chi connectivity index (χ0) is 25.4. The third-order valence-electron chi connectivity index (χ3n) is 6.00. The Labute approximate surface area is 211 Å². The summed E-state index contributed by atoms with van der Waals surface area (Å²) in [5, 5.41) is 10.3. The molecule has 2 aliphatic rings. The van der Waals surface area contributed by atoms with Gasteiger partial charge in [-0.15, -0.1) is 0 Å². The Morgan fingerprint density at radius 2 is 1.97 bits per heavy atom. The van der Waals surface area contributed by atoms with Gasteiger partial charge >= 0.3 is 12.1 Å². The van der Waals surface area contributed by atoms with Gasteiger partial charge in [0.2, 0.25) is 0 Å². The topological polar surface area (TPSA) is 74.2 Å². The number of fused-ring (bicyclic) bond motifs is 2. The Kier molecular flexibility index (Phi) is 11.5. The van der Waals surface area contributed by atoms with E-state index in [2.05, 4.69) is 6.08 Å². The Hall–Kier alpha value is -2.36. The molecule has 3 rings (SSSR count). The van der Waals surface area contributed by atoms with E-state index in [1.807, 2.05) is 26.0 Å². The number of aliphatic hydroxyl groups is 1. The van der Waals surface area contributed by atoms with Crippen molar-refractivity contribution in [3.8, 4) is 5.75 Å². The molecule has 202 valence electrons. The van der Waals surface area contributed by atoms with Crippen molar-refractivity contribution in [3.05, 3.63) is 54.1 Å². The SMILES string of the molecule is C.CC(C)OC(=O)CCC/C=C\C[C@@H]1[C@@H](/C=C/[C@@H](O)COc2cccc(C(F)(F)F)c2)[C@H]2C[C@@H]1OO2. The molecule has 1 saturated heterocycles. The number of allylic oxidation sites excluding steroid dienone is 2. The Morgan fingerprint density at radius 3 is 2.69 bits per heavy atom. The van der Waals surface area contributed by atoms with Crippen LogP contribution in [0.5, 0.6) is 5.75 Å². The zero-order valence-electron chi connectivity index (χ0n) is 19.9. The number of carbonyl (C=O) groups excluding carboxylic acids is 1. The molecule has 1 aliphatic heterocycles. The van der Waals surface area contributed by atoms with Crippen LogP contribution in [0.4, 0.5) is 13.2 Å². The van der Waals surface area contributed by atoms with Gasteiger partial charge in [0.25, 0.3) is 0 Å². The molecule has 0 amide bonds. The van der Waals surface area contributed by atoms with Gasteiger partial charge in [-0.2, -0.15) is 13.2 Å². The molecule has 2 bridgehead atoms. The fraction of sp³-hybridized carbons (Fsp3) is 0.593. The highest BCUT2D eigenvalue weighted by atomic mass is 19.4. The standard InChI is InChI=1S/C26H33F3O6.CH4/c1-17(2)33-25(31)11-6-4-3-5-10-21-22(24-15-23(21)34-35-24)13-12-19(30)16-32-20-9-7-8-18(14-20)26(27,28)29;/h3,5,7-9,12-14,17,19,21-24,30H,4,6,10-11,15-16H2,1-2H3;1H4/b5-3-,13-12+;/t19-,21-,22-,23+,24-;/m1./s1. The second-order valence-electron chi connectivity index (χ2n) is 9.17. The van der Waals surface area contributed by atoms with Crippen LogP contribution in [0.25, 0.3) is 0 Å². The lowest BCUT2D eigenvalue weighted by Gasteiger charge is -2.27. The largest absolute Gasteiger partial charge is 0.491 e. The molecule has 0 aromatic heterocycles. The molecule has 36 heavy (non-hydrogen) atoms. The minimum absolute atomic E-state index is 0. The number of hydrogen-bond donors (Lipinski definition) is 1. The van der Waals surface area contributed by atoms with Gasteiger partial charge in [0.15, 0.2) is 0 Å². The summed E-state index contributed by atoms with van der Waals surface area (Å²) in [6.07, 6.45) is 5.37. The van der Waals surface area contributed by atoms with Crippen LogP contribution in [0.15, 0.2) is 48.6 Å². The second-order valence-corrected chi connectivity index (χ2v) is 9.17. The molecule has 1 heterocycles. The van der Waals surface area contributed by atoms with Gasteiger partial charge in [0.05, 0.1) is 17.8 Å². The summed E-state index contributed by atoms with van der Waals surface area (Å²) in [5.74, 6) is 0.0867. The third-order valence-corrected chi connectivity index (χ3v) is 6.00. The van der Waals surface area contributed by atoms with Crippen molar-refractivity contribution in [3.63, 3.8) is 0 Å². The second kappa shape index (κ2) is 13.8. The number of carbonyl (C=O) groups is 1. The molecule has 5 atom stereocenters. The van der Waals surface area contributed by atoms with E-state index in [0.717, 1.165) is 37.8 Å². The highest BCUT2D eigenvalue weighted by molar-refractivity contribution is 5.69. The fourth-order valence-corrected chi connectivity index (χ4v) is 4.33. The number of unbranched alkanes of at least 4 members (excludes halogenated alkanes) is 1. The lowest BCUT2D eigenvalue weighted by molar-refractivity contribution is -0.336. The van der Waals surface area contributed by atoms with Gasteiger partial charge in [-0.05, 0) is 51.3 Å². The lowest BCUT2D eigenvalue weighted by atomic mass is 9.89. The van der Waals surface area contributed by atoms with Crippen LogP contribution in [-0.4, -0.2) is 42.1 Å². The molecule has 0 unspecified atom stereocenters. The summed E-state index contributed by atoms with van der Waals surface area (Å²) in [5.41, 5.74) is -0.800. The lowest BCUT2D eigenvalue weighted by Crippen LogP contribution is -2.29. The summed E-state index contributed by atoms with van der Waals surface area (Å²) in [6, 6.07) is 4.56. The molecule has 1 aromatic carbocycles. The maximum absolute atomic E-state index is 12.8. The van der Waals surface area contributed by atoms with E-state index in [1.165, 1.54) is 12.1 Å².